The fourth-order valence-corrected chi connectivity index (χ4v) is 4.30. The first-order chi connectivity index (χ1) is 15.5. The second kappa shape index (κ2) is 11.6. The van der Waals surface area contributed by atoms with Crippen LogP contribution in [-0.4, -0.2) is 57.0 Å². The summed E-state index contributed by atoms with van der Waals surface area (Å²) in [5.74, 6) is 0.00871. The number of nitrogens with one attached hydrogen (secondary N) is 1. The van der Waals surface area contributed by atoms with Crippen LogP contribution in [0.3, 0.4) is 0 Å². The summed E-state index contributed by atoms with van der Waals surface area (Å²) in [5.41, 5.74) is 0.815. The van der Waals surface area contributed by atoms with Gasteiger partial charge in [-0.15, -0.1) is 5.10 Å². The third-order valence-electron chi connectivity index (χ3n) is 5.82. The Morgan fingerprint density at radius 1 is 1.28 bits per heavy atom. The minimum atomic E-state index is -0.858. The van der Waals surface area contributed by atoms with Crippen LogP contribution in [0, 0.1) is 5.92 Å². The molecule has 3 rings (SSSR count). The highest BCUT2D eigenvalue weighted by Crippen LogP contribution is 2.31. The van der Waals surface area contributed by atoms with E-state index in [4.69, 9.17) is 9.47 Å². The van der Waals surface area contributed by atoms with E-state index in [1.54, 1.807) is 14.0 Å². The lowest BCUT2D eigenvalue weighted by molar-refractivity contribution is -0.144. The van der Waals surface area contributed by atoms with Gasteiger partial charge in [-0.1, -0.05) is 31.4 Å². The van der Waals surface area contributed by atoms with Gasteiger partial charge in [-0.3, -0.25) is 14.9 Å². The normalized spacial score (nSPS) is 16.3. The maximum absolute atomic E-state index is 12.1. The number of hydrogen-bond donors (Lipinski definition) is 2. The Hall–Kier alpha value is -3.01. The number of carbonyl (C=O) groups is 2. The molecule has 2 atom stereocenters. The number of tetrazole rings is 1. The summed E-state index contributed by atoms with van der Waals surface area (Å²) < 4.78 is 11.8. The molecule has 32 heavy (non-hydrogen) atoms. The summed E-state index contributed by atoms with van der Waals surface area (Å²) in [6.45, 7) is 1.86. The predicted octanol–water partition coefficient (Wildman–Crippen LogP) is 2.35. The molecule has 1 heterocycles. The Kier molecular flexibility index (Phi) is 8.55. The van der Waals surface area contributed by atoms with E-state index < -0.39 is 18.0 Å². The van der Waals surface area contributed by atoms with Crippen LogP contribution in [0.4, 0.5) is 0 Å². The fourth-order valence-electron chi connectivity index (χ4n) is 4.30. The smallest absolute Gasteiger partial charge is 0.327 e. The lowest BCUT2D eigenvalue weighted by atomic mass is 9.82. The number of carboxylic acids is 1. The molecule has 2 unspecified atom stereocenters. The number of benzene rings is 1. The molecule has 174 valence electrons. The molecule has 0 saturated heterocycles. The number of aromatic nitrogens is 4. The highest BCUT2D eigenvalue weighted by atomic mass is 16.5. The van der Waals surface area contributed by atoms with E-state index in [9.17, 15) is 14.7 Å². The Morgan fingerprint density at radius 3 is 2.75 bits per heavy atom. The monoisotopic (exact) mass is 445 g/mol. The maximum atomic E-state index is 12.1. The number of carboxylic acid groups (broad SMARTS) is 1. The summed E-state index contributed by atoms with van der Waals surface area (Å²) in [6, 6.07) is 6.66. The van der Waals surface area contributed by atoms with Crippen molar-refractivity contribution in [3.63, 3.8) is 0 Å². The van der Waals surface area contributed by atoms with Gasteiger partial charge in [0.1, 0.15) is 12.3 Å². The molecule has 0 bridgehead atoms. The van der Waals surface area contributed by atoms with Gasteiger partial charge < -0.3 is 14.6 Å². The highest BCUT2D eigenvalue weighted by molar-refractivity contribution is 5.69. The van der Waals surface area contributed by atoms with Crippen molar-refractivity contribution < 1.29 is 24.2 Å². The van der Waals surface area contributed by atoms with Crippen molar-refractivity contribution in [2.45, 2.75) is 64.1 Å². The first kappa shape index (κ1) is 23.6. The highest BCUT2D eigenvalue weighted by Gasteiger charge is 2.31. The molecule has 1 aromatic carbocycles. The minimum Gasteiger partial charge on any atom is -0.497 e. The van der Waals surface area contributed by atoms with E-state index >= 15 is 0 Å². The number of nitrogens with zero attached hydrogens (tertiary/aromatic N) is 4. The van der Waals surface area contributed by atoms with E-state index in [0.717, 1.165) is 31.2 Å². The molecule has 0 radical (unpaired) electrons. The van der Waals surface area contributed by atoms with Crippen molar-refractivity contribution in [1.82, 2.24) is 25.5 Å². The first-order valence-corrected chi connectivity index (χ1v) is 11.0. The van der Waals surface area contributed by atoms with Crippen molar-refractivity contribution >= 4 is 11.9 Å². The maximum Gasteiger partial charge on any atom is 0.327 e. The van der Waals surface area contributed by atoms with Crippen molar-refractivity contribution in [3.05, 3.63) is 35.7 Å². The van der Waals surface area contributed by atoms with Crippen molar-refractivity contribution in [1.29, 1.82) is 0 Å². The van der Waals surface area contributed by atoms with Gasteiger partial charge in [0.15, 0.2) is 5.82 Å². The molecule has 10 nitrogen and oxygen atoms in total. The van der Waals surface area contributed by atoms with Crippen LogP contribution >= 0.6 is 0 Å². The van der Waals surface area contributed by atoms with Gasteiger partial charge in [-0.2, -0.15) is 0 Å². The predicted molar refractivity (Wildman–Crippen MR) is 115 cm³/mol. The summed E-state index contributed by atoms with van der Waals surface area (Å²) >= 11 is 0. The Bertz CT molecular complexity index is 896. The number of rotatable bonds is 11. The van der Waals surface area contributed by atoms with Crippen LogP contribution < -0.4 is 10.1 Å². The van der Waals surface area contributed by atoms with Crippen LogP contribution in [0.1, 0.15) is 62.9 Å². The molecule has 0 spiro atoms. The van der Waals surface area contributed by atoms with Gasteiger partial charge in [0.25, 0.3) is 0 Å². The SMILES string of the molecule is CCOC(=O)Cn1nnnc1C(NC(CC(=O)O)C1CCCCC1)c1cccc(OC)c1. The molecule has 10 heteroatoms. The van der Waals surface area contributed by atoms with Crippen molar-refractivity contribution in [2.75, 3.05) is 13.7 Å². The molecule has 0 amide bonds. The average molecular weight is 446 g/mol. The Morgan fingerprint density at radius 2 is 2.06 bits per heavy atom. The number of carbonyl (C=O) groups excluding carboxylic acids is 1. The summed E-state index contributed by atoms with van der Waals surface area (Å²) in [4.78, 5) is 23.8. The molecular weight excluding hydrogens is 414 g/mol. The molecule has 1 aromatic heterocycles. The van der Waals surface area contributed by atoms with Crippen molar-refractivity contribution in [3.8, 4) is 5.75 Å². The second-order valence-corrected chi connectivity index (χ2v) is 7.98. The summed E-state index contributed by atoms with van der Waals surface area (Å²) in [5, 5.41) is 25.0. The van der Waals surface area contributed by atoms with Crippen LogP contribution in [-0.2, 0) is 20.9 Å². The first-order valence-electron chi connectivity index (χ1n) is 11.0. The molecule has 2 N–H and O–H groups in total. The third-order valence-corrected chi connectivity index (χ3v) is 5.82. The van der Waals surface area contributed by atoms with Gasteiger partial charge >= 0.3 is 11.9 Å². The van der Waals surface area contributed by atoms with Crippen LogP contribution in [0.25, 0.3) is 0 Å². The average Bonchev–Trinajstić information content (AvgIpc) is 3.24. The zero-order valence-corrected chi connectivity index (χ0v) is 18.6. The molecule has 1 fully saturated rings. The lowest BCUT2D eigenvalue weighted by Crippen LogP contribution is -2.42. The van der Waals surface area contributed by atoms with E-state index in [-0.39, 0.29) is 31.5 Å². The van der Waals surface area contributed by atoms with Gasteiger partial charge in [0.2, 0.25) is 0 Å². The molecule has 0 aliphatic heterocycles. The summed E-state index contributed by atoms with van der Waals surface area (Å²) in [6.07, 6.45) is 5.30. The number of hydrogen-bond acceptors (Lipinski definition) is 8. The molecule has 1 aliphatic rings. The number of aliphatic carboxylic acids is 1. The van der Waals surface area contributed by atoms with Gasteiger partial charge in [-0.05, 0) is 53.8 Å². The Balaban J connectivity index is 1.96. The third kappa shape index (κ3) is 6.25. The summed E-state index contributed by atoms with van der Waals surface area (Å²) in [7, 11) is 1.58. The standard InChI is InChI=1S/C22H31N5O5/c1-3-32-20(30)14-27-22(24-25-26-27)21(16-10-7-11-17(12-16)31-2)23-18(13-19(28)29)15-8-5-4-6-9-15/h7,10-12,15,18,21,23H,3-6,8-9,13-14H2,1-2H3,(H,28,29). The van der Waals surface area contributed by atoms with Crippen LogP contribution in [0.5, 0.6) is 5.75 Å². The fraction of sp³-hybridized carbons (Fsp3) is 0.591. The lowest BCUT2D eigenvalue weighted by Gasteiger charge is -2.33. The zero-order chi connectivity index (χ0) is 22.9. The van der Waals surface area contributed by atoms with E-state index in [1.807, 2.05) is 24.3 Å². The minimum absolute atomic E-state index is 0.00935. The molecule has 1 saturated carbocycles. The van der Waals surface area contributed by atoms with Gasteiger partial charge in [0.05, 0.1) is 26.2 Å². The Labute approximate surface area is 187 Å². The topological polar surface area (TPSA) is 128 Å². The number of methoxy groups -OCH3 is 1. The van der Waals surface area contributed by atoms with Gasteiger partial charge in [-0.25, -0.2) is 4.68 Å². The number of ether oxygens (including phenoxy) is 2. The van der Waals surface area contributed by atoms with E-state index in [2.05, 4.69) is 20.8 Å². The second-order valence-electron chi connectivity index (χ2n) is 7.98. The van der Waals surface area contributed by atoms with Gasteiger partial charge in [0, 0.05) is 6.04 Å². The van der Waals surface area contributed by atoms with Crippen molar-refractivity contribution in [2.24, 2.45) is 5.92 Å². The largest absolute Gasteiger partial charge is 0.497 e. The molecule has 1 aliphatic carbocycles. The van der Waals surface area contributed by atoms with Crippen LogP contribution in [0.2, 0.25) is 0 Å². The van der Waals surface area contributed by atoms with Crippen LogP contribution in [0.15, 0.2) is 24.3 Å². The molecule has 2 aromatic rings. The van der Waals surface area contributed by atoms with E-state index in [1.165, 1.54) is 11.1 Å². The number of esters is 1. The van der Waals surface area contributed by atoms with E-state index in [0.29, 0.717) is 11.6 Å². The quantitative estimate of drug-likeness (QED) is 0.501. The molecular formula is C22H31N5O5. The zero-order valence-electron chi connectivity index (χ0n) is 18.6.